The van der Waals surface area contributed by atoms with Crippen LogP contribution in [0.25, 0.3) is 11.3 Å². The molecule has 2 aromatic rings. The van der Waals surface area contributed by atoms with Crippen LogP contribution in [0.15, 0.2) is 36.4 Å². The molecule has 0 unspecified atom stereocenters. The predicted molar refractivity (Wildman–Crippen MR) is 86.6 cm³/mol. The fourth-order valence-corrected chi connectivity index (χ4v) is 1.98. The Bertz CT molecular complexity index is 735. The molecule has 1 heterocycles. The monoisotopic (exact) mass is 313 g/mol. The molecule has 2 rings (SSSR count). The number of hydrogen-bond acceptors (Lipinski definition) is 4. The van der Waals surface area contributed by atoms with Crippen LogP contribution in [0.2, 0.25) is 0 Å². The summed E-state index contributed by atoms with van der Waals surface area (Å²) in [6.45, 7) is 5.99. The second-order valence-electron chi connectivity index (χ2n) is 5.98. The highest BCUT2D eigenvalue weighted by Gasteiger charge is 2.23. The van der Waals surface area contributed by atoms with E-state index in [1.54, 1.807) is 19.1 Å². The van der Waals surface area contributed by atoms with Crippen molar-refractivity contribution in [2.24, 2.45) is 5.92 Å². The molecule has 0 amide bonds. The van der Waals surface area contributed by atoms with Gasteiger partial charge in [-0.2, -0.15) is 5.26 Å². The van der Waals surface area contributed by atoms with Crippen LogP contribution < -0.4 is 5.32 Å². The molecule has 0 aliphatic carbocycles. The van der Waals surface area contributed by atoms with Gasteiger partial charge in [-0.15, -0.1) is 0 Å². The normalized spacial score (nSPS) is 13.6. The van der Waals surface area contributed by atoms with Gasteiger partial charge >= 0.3 is 0 Å². The first-order valence-electron chi connectivity index (χ1n) is 7.47. The third-order valence-corrected chi connectivity index (χ3v) is 3.94. The number of hydrogen-bond donors (Lipinski definition) is 2. The minimum atomic E-state index is -0.985. The van der Waals surface area contributed by atoms with Crippen LogP contribution in [-0.4, -0.2) is 15.8 Å². The minimum absolute atomic E-state index is 0.00410. The van der Waals surface area contributed by atoms with E-state index in [4.69, 9.17) is 5.26 Å². The van der Waals surface area contributed by atoms with Gasteiger partial charge in [0.2, 0.25) is 0 Å². The molecule has 0 saturated carbocycles. The molecule has 1 aromatic heterocycles. The Morgan fingerprint density at radius 1 is 1.35 bits per heavy atom. The fourth-order valence-electron chi connectivity index (χ4n) is 1.98. The number of halogens is 1. The summed E-state index contributed by atoms with van der Waals surface area (Å²) < 4.78 is 13.4. The molecule has 0 aliphatic rings. The maximum Gasteiger partial charge on any atom is 0.140 e. The summed E-state index contributed by atoms with van der Waals surface area (Å²) in [6, 6.07) is 11.7. The van der Waals surface area contributed by atoms with E-state index in [0.717, 1.165) is 5.69 Å². The first-order valence-corrected chi connectivity index (χ1v) is 7.47. The molecule has 0 aliphatic heterocycles. The summed E-state index contributed by atoms with van der Waals surface area (Å²) in [7, 11) is 0. The van der Waals surface area contributed by atoms with Crippen LogP contribution in [0.4, 0.5) is 4.39 Å². The molecular formula is C18H20FN3O. The van der Waals surface area contributed by atoms with E-state index in [1.165, 1.54) is 12.1 Å². The van der Waals surface area contributed by atoms with Gasteiger partial charge in [-0.1, -0.05) is 19.9 Å². The van der Waals surface area contributed by atoms with E-state index in [-0.39, 0.29) is 11.5 Å². The first kappa shape index (κ1) is 17.1. The summed E-state index contributed by atoms with van der Waals surface area (Å²) >= 11 is 0. The minimum Gasteiger partial charge on any atom is -0.376 e. The summed E-state index contributed by atoms with van der Waals surface area (Å²) in [5, 5.41) is 22.2. The summed E-state index contributed by atoms with van der Waals surface area (Å²) in [5.41, 5.74) is 1.11. The van der Waals surface area contributed by atoms with Gasteiger partial charge in [-0.3, -0.25) is 10.3 Å². The predicted octanol–water partition coefficient (Wildman–Crippen LogP) is 3.21. The maximum atomic E-state index is 13.4. The van der Waals surface area contributed by atoms with Crippen LogP contribution in [0.5, 0.6) is 0 Å². The molecule has 5 heteroatoms. The van der Waals surface area contributed by atoms with Crippen molar-refractivity contribution in [2.75, 3.05) is 0 Å². The highest BCUT2D eigenvalue weighted by Crippen LogP contribution is 2.21. The molecular weight excluding hydrogens is 293 g/mol. The van der Waals surface area contributed by atoms with Crippen molar-refractivity contribution in [1.29, 1.82) is 5.26 Å². The van der Waals surface area contributed by atoms with Crippen LogP contribution in [0.3, 0.4) is 0 Å². The SMILES string of the molecule is CC(C)[C@@](C)(O)NCc1cccc(-c2ccc(F)c(C#N)c2)n1. The Morgan fingerprint density at radius 3 is 2.74 bits per heavy atom. The highest BCUT2D eigenvalue weighted by molar-refractivity contribution is 5.61. The Morgan fingerprint density at radius 2 is 2.09 bits per heavy atom. The average molecular weight is 313 g/mol. The molecule has 0 saturated heterocycles. The van der Waals surface area contributed by atoms with E-state index in [2.05, 4.69) is 10.3 Å². The van der Waals surface area contributed by atoms with E-state index in [9.17, 15) is 9.50 Å². The molecule has 0 fully saturated rings. The topological polar surface area (TPSA) is 68.9 Å². The highest BCUT2D eigenvalue weighted by atomic mass is 19.1. The van der Waals surface area contributed by atoms with Crippen molar-refractivity contribution in [3.63, 3.8) is 0 Å². The van der Waals surface area contributed by atoms with Gasteiger partial charge in [0, 0.05) is 12.1 Å². The molecule has 1 aromatic carbocycles. The fraction of sp³-hybridized carbons (Fsp3) is 0.333. The van der Waals surface area contributed by atoms with Crippen molar-refractivity contribution in [3.8, 4) is 17.3 Å². The summed E-state index contributed by atoms with van der Waals surface area (Å²) in [4.78, 5) is 4.51. The third kappa shape index (κ3) is 4.13. The van der Waals surface area contributed by atoms with E-state index >= 15 is 0 Å². The van der Waals surface area contributed by atoms with Crippen molar-refractivity contribution in [1.82, 2.24) is 10.3 Å². The van der Waals surface area contributed by atoms with Gasteiger partial charge in [0.1, 0.15) is 17.6 Å². The van der Waals surface area contributed by atoms with Crippen LogP contribution >= 0.6 is 0 Å². The Balaban J connectivity index is 2.22. The number of rotatable bonds is 5. The van der Waals surface area contributed by atoms with Gasteiger partial charge in [-0.25, -0.2) is 4.39 Å². The second-order valence-corrected chi connectivity index (χ2v) is 5.98. The zero-order valence-electron chi connectivity index (χ0n) is 13.5. The number of aromatic nitrogens is 1. The molecule has 4 nitrogen and oxygen atoms in total. The van der Waals surface area contributed by atoms with Crippen molar-refractivity contribution in [2.45, 2.75) is 33.0 Å². The van der Waals surface area contributed by atoms with E-state index in [1.807, 2.05) is 32.0 Å². The van der Waals surface area contributed by atoms with Crippen LogP contribution in [-0.2, 0) is 6.54 Å². The van der Waals surface area contributed by atoms with E-state index < -0.39 is 11.5 Å². The van der Waals surface area contributed by atoms with Crippen molar-refractivity contribution in [3.05, 3.63) is 53.5 Å². The summed E-state index contributed by atoms with van der Waals surface area (Å²) in [5.74, 6) is -0.483. The van der Waals surface area contributed by atoms with Crippen LogP contribution in [0.1, 0.15) is 32.0 Å². The number of nitriles is 1. The molecule has 23 heavy (non-hydrogen) atoms. The molecule has 0 bridgehead atoms. The average Bonchev–Trinajstić information content (AvgIpc) is 2.53. The maximum absolute atomic E-state index is 13.4. The quantitative estimate of drug-likeness (QED) is 0.832. The van der Waals surface area contributed by atoms with Crippen molar-refractivity contribution < 1.29 is 9.50 Å². The van der Waals surface area contributed by atoms with Gasteiger partial charge < -0.3 is 5.11 Å². The molecule has 0 radical (unpaired) electrons. The molecule has 0 spiro atoms. The largest absolute Gasteiger partial charge is 0.376 e. The number of nitrogens with zero attached hydrogens (tertiary/aromatic N) is 2. The number of benzene rings is 1. The first-order chi connectivity index (χ1) is 10.8. The van der Waals surface area contributed by atoms with Crippen molar-refractivity contribution >= 4 is 0 Å². The van der Waals surface area contributed by atoms with E-state index in [0.29, 0.717) is 17.8 Å². The van der Waals surface area contributed by atoms with Gasteiger partial charge in [-0.05, 0) is 43.2 Å². The Labute approximate surface area is 135 Å². The third-order valence-electron chi connectivity index (χ3n) is 3.94. The molecule has 120 valence electrons. The number of nitrogens with one attached hydrogen (secondary N) is 1. The zero-order valence-corrected chi connectivity index (χ0v) is 13.5. The summed E-state index contributed by atoms with van der Waals surface area (Å²) in [6.07, 6.45) is 0. The standard InChI is InChI=1S/C18H20FN3O/c1-12(2)18(3,23)21-11-15-5-4-6-17(22-15)13-7-8-16(19)14(9-13)10-20/h4-9,12,21,23H,11H2,1-3H3/t18-/m1/s1. The second kappa shape index (κ2) is 6.86. The van der Waals surface area contributed by atoms with Crippen LogP contribution in [0, 0.1) is 23.1 Å². The Kier molecular flexibility index (Phi) is 5.09. The molecule has 2 N–H and O–H groups in total. The Hall–Kier alpha value is -2.29. The number of aliphatic hydroxyl groups is 1. The van der Waals surface area contributed by atoms with Gasteiger partial charge in [0.25, 0.3) is 0 Å². The lowest BCUT2D eigenvalue weighted by Gasteiger charge is -2.28. The smallest absolute Gasteiger partial charge is 0.140 e. The van der Waals surface area contributed by atoms with Gasteiger partial charge in [0.05, 0.1) is 17.0 Å². The molecule has 1 atom stereocenters. The zero-order chi connectivity index (χ0) is 17.0. The number of pyridine rings is 1. The lowest BCUT2D eigenvalue weighted by molar-refractivity contribution is -0.0217. The van der Waals surface area contributed by atoms with Gasteiger partial charge in [0.15, 0.2) is 0 Å². The lowest BCUT2D eigenvalue weighted by Crippen LogP contribution is -2.46. The lowest BCUT2D eigenvalue weighted by atomic mass is 10.0.